The van der Waals surface area contributed by atoms with Gasteiger partial charge in [-0.3, -0.25) is 19.8 Å². The molecule has 1 saturated heterocycles. The molecule has 0 bridgehead atoms. The van der Waals surface area contributed by atoms with Gasteiger partial charge in [-0.2, -0.15) is 0 Å². The first-order chi connectivity index (χ1) is 11.1. The van der Waals surface area contributed by atoms with Crippen LogP contribution >= 0.6 is 0 Å². The minimum absolute atomic E-state index is 0.181. The molecule has 7 heteroatoms. The van der Waals surface area contributed by atoms with Crippen molar-refractivity contribution in [1.82, 2.24) is 20.4 Å². The van der Waals surface area contributed by atoms with Crippen molar-refractivity contribution in [3.8, 4) is 0 Å². The molecule has 1 rings (SSSR count). The van der Waals surface area contributed by atoms with Crippen molar-refractivity contribution >= 4 is 17.8 Å². The van der Waals surface area contributed by atoms with Crippen molar-refractivity contribution in [3.63, 3.8) is 0 Å². The van der Waals surface area contributed by atoms with Gasteiger partial charge >= 0.3 is 6.03 Å². The van der Waals surface area contributed by atoms with Crippen LogP contribution in [-0.2, 0) is 9.59 Å². The van der Waals surface area contributed by atoms with E-state index < -0.39 is 17.6 Å². The Labute approximate surface area is 145 Å². The summed E-state index contributed by atoms with van der Waals surface area (Å²) in [7, 11) is 0. The van der Waals surface area contributed by atoms with Gasteiger partial charge in [0.15, 0.2) is 0 Å². The smallest absolute Gasteiger partial charge is 0.321 e. The Balaban J connectivity index is 2.52. The quantitative estimate of drug-likeness (QED) is 0.809. The zero-order valence-electron chi connectivity index (χ0n) is 15.6. The summed E-state index contributed by atoms with van der Waals surface area (Å²) in [6.45, 7) is 12.1. The summed E-state index contributed by atoms with van der Waals surface area (Å²) < 4.78 is 0. The molecule has 0 spiro atoms. The molecule has 4 amide bonds. The standard InChI is InChI=1S/C17H32N4O3/c1-6-8-14(22)21-10-7-9-20(11-12-21)13(2)15(23)18-16(24)19-17(3,4)5/h13H,6-12H2,1-5H3,(H2,18,19,23,24). The second-order valence-electron chi connectivity index (χ2n) is 7.39. The predicted molar refractivity (Wildman–Crippen MR) is 93.6 cm³/mol. The van der Waals surface area contributed by atoms with E-state index in [2.05, 4.69) is 10.6 Å². The Morgan fingerprint density at radius 1 is 1.08 bits per heavy atom. The monoisotopic (exact) mass is 340 g/mol. The van der Waals surface area contributed by atoms with Crippen molar-refractivity contribution in [1.29, 1.82) is 0 Å². The van der Waals surface area contributed by atoms with Gasteiger partial charge in [-0.15, -0.1) is 0 Å². The third-order valence-electron chi connectivity index (χ3n) is 4.00. The molecule has 1 heterocycles. The van der Waals surface area contributed by atoms with Crippen molar-refractivity contribution in [2.45, 2.75) is 65.5 Å². The molecule has 0 saturated carbocycles. The van der Waals surface area contributed by atoms with Gasteiger partial charge in [0.05, 0.1) is 6.04 Å². The van der Waals surface area contributed by atoms with Crippen LogP contribution < -0.4 is 10.6 Å². The Hall–Kier alpha value is -1.63. The average molecular weight is 340 g/mol. The number of hydrogen-bond donors (Lipinski definition) is 2. The van der Waals surface area contributed by atoms with E-state index in [-0.39, 0.29) is 11.8 Å². The number of amides is 4. The van der Waals surface area contributed by atoms with Crippen LogP contribution in [0.15, 0.2) is 0 Å². The van der Waals surface area contributed by atoms with Crippen LogP contribution in [0.25, 0.3) is 0 Å². The van der Waals surface area contributed by atoms with Crippen molar-refractivity contribution in [3.05, 3.63) is 0 Å². The van der Waals surface area contributed by atoms with E-state index >= 15 is 0 Å². The second kappa shape index (κ2) is 9.01. The first-order valence-corrected chi connectivity index (χ1v) is 8.79. The molecule has 1 atom stereocenters. The highest BCUT2D eigenvalue weighted by Crippen LogP contribution is 2.09. The highest BCUT2D eigenvalue weighted by molar-refractivity contribution is 5.97. The lowest BCUT2D eigenvalue weighted by Gasteiger charge is -2.27. The Bertz CT molecular complexity index is 459. The van der Waals surface area contributed by atoms with Gasteiger partial charge in [-0.1, -0.05) is 6.92 Å². The van der Waals surface area contributed by atoms with Crippen LogP contribution in [0.1, 0.15) is 53.9 Å². The number of carbonyl (C=O) groups excluding carboxylic acids is 3. The summed E-state index contributed by atoms with van der Waals surface area (Å²) >= 11 is 0. The van der Waals surface area contributed by atoms with Gasteiger partial charge in [0.2, 0.25) is 11.8 Å². The van der Waals surface area contributed by atoms with Gasteiger partial charge in [-0.25, -0.2) is 4.79 Å². The Kier molecular flexibility index (Phi) is 7.66. The predicted octanol–water partition coefficient (Wildman–Crippen LogP) is 1.33. The highest BCUT2D eigenvalue weighted by atomic mass is 16.2. The maximum Gasteiger partial charge on any atom is 0.321 e. The number of urea groups is 1. The number of hydrogen-bond acceptors (Lipinski definition) is 4. The fourth-order valence-electron chi connectivity index (χ4n) is 2.70. The van der Waals surface area contributed by atoms with Crippen LogP contribution in [-0.4, -0.2) is 65.4 Å². The summed E-state index contributed by atoms with van der Waals surface area (Å²) in [6.07, 6.45) is 2.25. The van der Waals surface area contributed by atoms with Gasteiger partial charge in [0.1, 0.15) is 0 Å². The maximum atomic E-state index is 12.3. The molecule has 0 radical (unpaired) electrons. The van der Waals surface area contributed by atoms with Crippen molar-refractivity contribution < 1.29 is 14.4 Å². The third kappa shape index (κ3) is 6.86. The number of rotatable bonds is 4. The van der Waals surface area contributed by atoms with E-state index in [1.165, 1.54) is 0 Å². The first kappa shape index (κ1) is 20.4. The van der Waals surface area contributed by atoms with E-state index in [4.69, 9.17) is 0 Å². The molecule has 0 aromatic carbocycles. The fraction of sp³-hybridized carbons (Fsp3) is 0.824. The van der Waals surface area contributed by atoms with Gasteiger partial charge in [-0.05, 0) is 40.5 Å². The maximum absolute atomic E-state index is 12.3. The van der Waals surface area contributed by atoms with Crippen LogP contribution in [0.4, 0.5) is 4.79 Å². The van der Waals surface area contributed by atoms with Crippen LogP contribution in [0.5, 0.6) is 0 Å². The SMILES string of the molecule is CCCC(=O)N1CCCN(C(C)C(=O)NC(=O)NC(C)(C)C)CC1. The molecule has 1 unspecified atom stereocenters. The van der Waals surface area contributed by atoms with Crippen LogP contribution in [0, 0.1) is 0 Å². The lowest BCUT2D eigenvalue weighted by molar-refractivity contribution is -0.131. The molecule has 0 aliphatic carbocycles. The number of nitrogens with one attached hydrogen (secondary N) is 2. The molecule has 1 aliphatic rings. The van der Waals surface area contributed by atoms with Crippen molar-refractivity contribution in [2.24, 2.45) is 0 Å². The fourth-order valence-corrected chi connectivity index (χ4v) is 2.70. The molecule has 1 fully saturated rings. The summed E-state index contributed by atoms with van der Waals surface area (Å²) in [5.41, 5.74) is -0.393. The number of carbonyl (C=O) groups is 3. The van der Waals surface area contributed by atoms with Crippen molar-refractivity contribution in [2.75, 3.05) is 26.2 Å². The number of imide groups is 1. The van der Waals surface area contributed by atoms with Crippen LogP contribution in [0.3, 0.4) is 0 Å². The van der Waals surface area contributed by atoms with E-state index in [9.17, 15) is 14.4 Å². The lowest BCUT2D eigenvalue weighted by Crippen LogP contribution is -2.53. The van der Waals surface area contributed by atoms with Gasteiger partial charge in [0.25, 0.3) is 0 Å². The third-order valence-corrected chi connectivity index (χ3v) is 4.00. The largest absolute Gasteiger partial charge is 0.341 e. The molecule has 2 N–H and O–H groups in total. The minimum atomic E-state index is -0.478. The lowest BCUT2D eigenvalue weighted by atomic mass is 10.1. The van der Waals surface area contributed by atoms with E-state index in [1.54, 1.807) is 6.92 Å². The molecule has 7 nitrogen and oxygen atoms in total. The second-order valence-corrected chi connectivity index (χ2v) is 7.39. The van der Waals surface area contributed by atoms with Crippen LogP contribution in [0.2, 0.25) is 0 Å². The Morgan fingerprint density at radius 2 is 1.75 bits per heavy atom. The number of nitrogens with zero attached hydrogens (tertiary/aromatic N) is 2. The minimum Gasteiger partial charge on any atom is -0.341 e. The summed E-state index contributed by atoms with van der Waals surface area (Å²) in [5.74, 6) is -0.133. The Morgan fingerprint density at radius 3 is 2.33 bits per heavy atom. The molecular formula is C17H32N4O3. The molecule has 1 aliphatic heterocycles. The first-order valence-electron chi connectivity index (χ1n) is 8.79. The van der Waals surface area contributed by atoms with E-state index in [0.717, 1.165) is 25.9 Å². The molecular weight excluding hydrogens is 308 g/mol. The van der Waals surface area contributed by atoms with E-state index in [1.807, 2.05) is 37.5 Å². The van der Waals surface area contributed by atoms with E-state index in [0.29, 0.717) is 19.5 Å². The molecule has 138 valence electrons. The normalized spacial score (nSPS) is 17.8. The molecule has 24 heavy (non-hydrogen) atoms. The topological polar surface area (TPSA) is 81.8 Å². The zero-order valence-corrected chi connectivity index (χ0v) is 15.6. The summed E-state index contributed by atoms with van der Waals surface area (Å²) in [6, 6.07) is -0.883. The van der Waals surface area contributed by atoms with Gasteiger partial charge < -0.3 is 10.2 Å². The summed E-state index contributed by atoms with van der Waals surface area (Å²) in [5, 5.41) is 5.11. The zero-order chi connectivity index (χ0) is 18.3. The summed E-state index contributed by atoms with van der Waals surface area (Å²) in [4.78, 5) is 40.0. The van der Waals surface area contributed by atoms with Gasteiger partial charge in [0, 0.05) is 38.1 Å². The molecule has 0 aromatic heterocycles. The highest BCUT2D eigenvalue weighted by Gasteiger charge is 2.27. The average Bonchev–Trinajstić information content (AvgIpc) is 2.70. The molecule has 0 aromatic rings.